The summed E-state index contributed by atoms with van der Waals surface area (Å²) in [5, 5.41) is 4.05. The Morgan fingerprint density at radius 2 is 2.16 bits per heavy atom. The van der Waals surface area contributed by atoms with Crippen molar-refractivity contribution in [1.29, 1.82) is 0 Å². The van der Waals surface area contributed by atoms with Crippen LogP contribution in [0.1, 0.15) is 24.1 Å². The first-order chi connectivity index (χ1) is 9.02. The summed E-state index contributed by atoms with van der Waals surface area (Å²) in [5.41, 5.74) is 1.61. The second-order valence-electron chi connectivity index (χ2n) is 4.57. The molecule has 0 aliphatic carbocycles. The smallest absolute Gasteiger partial charge is 0.172 e. The normalized spacial score (nSPS) is 12.7. The molecule has 1 heterocycles. The highest BCUT2D eigenvalue weighted by atomic mass is 32.2. The number of aromatic nitrogens is 2. The molecule has 102 valence electrons. The lowest BCUT2D eigenvalue weighted by Gasteiger charge is -2.16. The number of imidazole rings is 1. The van der Waals surface area contributed by atoms with Crippen LogP contribution in [-0.2, 0) is 7.05 Å². The van der Waals surface area contributed by atoms with Crippen molar-refractivity contribution in [1.82, 2.24) is 14.9 Å². The first-order valence-corrected chi connectivity index (χ1v) is 6.97. The van der Waals surface area contributed by atoms with Crippen LogP contribution in [0.4, 0.5) is 4.39 Å². The summed E-state index contributed by atoms with van der Waals surface area (Å²) in [6, 6.07) is 3.59. The van der Waals surface area contributed by atoms with Gasteiger partial charge in [0, 0.05) is 30.4 Å². The lowest BCUT2D eigenvalue weighted by atomic mass is 10.1. The van der Waals surface area contributed by atoms with Crippen LogP contribution in [-0.4, -0.2) is 16.6 Å². The van der Waals surface area contributed by atoms with Crippen LogP contribution < -0.4 is 5.32 Å². The van der Waals surface area contributed by atoms with Crippen LogP contribution in [0.15, 0.2) is 34.6 Å². The van der Waals surface area contributed by atoms with E-state index in [-0.39, 0.29) is 11.9 Å². The summed E-state index contributed by atoms with van der Waals surface area (Å²) in [6.07, 6.45) is 3.67. The monoisotopic (exact) mass is 279 g/mol. The lowest BCUT2D eigenvalue weighted by Crippen LogP contribution is -2.14. The molecule has 2 aromatic rings. The average Bonchev–Trinajstić information content (AvgIpc) is 2.78. The Balaban J connectivity index is 2.43. The molecule has 0 bridgehead atoms. The molecular formula is C14H18FN3S. The zero-order chi connectivity index (χ0) is 14.0. The summed E-state index contributed by atoms with van der Waals surface area (Å²) < 4.78 is 15.7. The molecule has 0 saturated carbocycles. The van der Waals surface area contributed by atoms with Gasteiger partial charge in [-0.2, -0.15) is 0 Å². The van der Waals surface area contributed by atoms with Gasteiger partial charge in [0.05, 0.1) is 0 Å². The van der Waals surface area contributed by atoms with Gasteiger partial charge in [0.25, 0.3) is 0 Å². The zero-order valence-corrected chi connectivity index (χ0v) is 12.4. The summed E-state index contributed by atoms with van der Waals surface area (Å²) in [6.45, 7) is 3.80. The molecule has 3 nitrogen and oxygen atoms in total. The molecule has 0 aliphatic rings. The fourth-order valence-electron chi connectivity index (χ4n) is 1.80. The van der Waals surface area contributed by atoms with Gasteiger partial charge >= 0.3 is 0 Å². The highest BCUT2D eigenvalue weighted by Gasteiger charge is 2.15. The summed E-state index contributed by atoms with van der Waals surface area (Å²) in [4.78, 5) is 5.34. The summed E-state index contributed by atoms with van der Waals surface area (Å²) >= 11 is 1.56. The first-order valence-electron chi connectivity index (χ1n) is 6.15. The van der Waals surface area contributed by atoms with Crippen LogP contribution in [0.3, 0.4) is 0 Å². The van der Waals surface area contributed by atoms with Gasteiger partial charge in [-0.15, -0.1) is 0 Å². The molecule has 2 rings (SSSR count). The minimum Gasteiger partial charge on any atom is -0.329 e. The topological polar surface area (TPSA) is 29.9 Å². The van der Waals surface area contributed by atoms with E-state index in [4.69, 9.17) is 0 Å². The van der Waals surface area contributed by atoms with E-state index >= 15 is 0 Å². The van der Waals surface area contributed by atoms with Crippen molar-refractivity contribution in [3.8, 4) is 0 Å². The van der Waals surface area contributed by atoms with Crippen molar-refractivity contribution in [2.45, 2.75) is 29.9 Å². The molecule has 0 fully saturated rings. The van der Waals surface area contributed by atoms with Gasteiger partial charge in [-0.05, 0) is 44.2 Å². The maximum absolute atomic E-state index is 13.8. The molecule has 0 saturated heterocycles. The van der Waals surface area contributed by atoms with Crippen LogP contribution in [0, 0.1) is 12.7 Å². The largest absolute Gasteiger partial charge is 0.329 e. The van der Waals surface area contributed by atoms with Gasteiger partial charge in [-0.1, -0.05) is 11.8 Å². The van der Waals surface area contributed by atoms with Gasteiger partial charge in [0.1, 0.15) is 5.82 Å². The second kappa shape index (κ2) is 5.75. The Kier molecular flexibility index (Phi) is 4.27. The Bertz CT molecular complexity index is 580. The number of aryl methyl sites for hydroxylation is 2. The highest BCUT2D eigenvalue weighted by Crippen LogP contribution is 2.33. The fraction of sp³-hybridized carbons (Fsp3) is 0.357. The summed E-state index contributed by atoms with van der Waals surface area (Å²) in [7, 11) is 3.82. The Hall–Kier alpha value is -1.33. The number of nitrogens with one attached hydrogen (secondary N) is 1. The predicted octanol–water partition coefficient (Wildman–Crippen LogP) is 3.30. The summed E-state index contributed by atoms with van der Waals surface area (Å²) in [5.74, 6) is -0.165. The Morgan fingerprint density at radius 3 is 2.74 bits per heavy atom. The van der Waals surface area contributed by atoms with E-state index in [9.17, 15) is 4.39 Å². The van der Waals surface area contributed by atoms with Gasteiger partial charge in [0.15, 0.2) is 5.16 Å². The fourth-order valence-corrected chi connectivity index (χ4v) is 2.91. The molecule has 0 spiro atoms. The molecule has 0 aliphatic heterocycles. The van der Waals surface area contributed by atoms with Crippen LogP contribution in [0.25, 0.3) is 0 Å². The number of hydrogen-bond donors (Lipinski definition) is 1. The third-order valence-corrected chi connectivity index (χ3v) is 4.32. The van der Waals surface area contributed by atoms with E-state index in [1.165, 1.54) is 0 Å². The van der Waals surface area contributed by atoms with Gasteiger partial charge < -0.3 is 9.88 Å². The maximum atomic E-state index is 13.8. The number of nitrogens with zero attached hydrogens (tertiary/aromatic N) is 2. The van der Waals surface area contributed by atoms with Crippen LogP contribution in [0.2, 0.25) is 0 Å². The van der Waals surface area contributed by atoms with Gasteiger partial charge in [0.2, 0.25) is 0 Å². The van der Waals surface area contributed by atoms with Crippen LogP contribution >= 0.6 is 11.8 Å². The van der Waals surface area contributed by atoms with E-state index in [2.05, 4.69) is 10.3 Å². The molecule has 1 atom stereocenters. The number of halogens is 1. The van der Waals surface area contributed by atoms with Crippen LogP contribution in [0.5, 0.6) is 0 Å². The van der Waals surface area contributed by atoms with E-state index in [1.807, 2.05) is 37.8 Å². The van der Waals surface area contributed by atoms with Crippen molar-refractivity contribution >= 4 is 11.8 Å². The molecule has 1 aromatic heterocycles. The molecule has 1 unspecified atom stereocenters. The van der Waals surface area contributed by atoms with Crippen molar-refractivity contribution in [3.05, 3.63) is 41.5 Å². The quantitative estimate of drug-likeness (QED) is 0.931. The maximum Gasteiger partial charge on any atom is 0.172 e. The number of rotatable bonds is 4. The molecule has 5 heteroatoms. The molecule has 19 heavy (non-hydrogen) atoms. The lowest BCUT2D eigenvalue weighted by molar-refractivity contribution is 0.594. The zero-order valence-electron chi connectivity index (χ0n) is 11.6. The standard InChI is InChI=1S/C14H18FN3S/c1-9-7-13(19-14-17-5-6-18(14)4)11(8-12(9)15)10(2)16-3/h5-8,10,16H,1-4H3. The third-order valence-electron chi connectivity index (χ3n) is 3.17. The van der Waals surface area contributed by atoms with Crippen molar-refractivity contribution < 1.29 is 4.39 Å². The van der Waals surface area contributed by atoms with E-state index in [1.54, 1.807) is 30.9 Å². The second-order valence-corrected chi connectivity index (χ2v) is 5.58. The van der Waals surface area contributed by atoms with E-state index < -0.39 is 0 Å². The predicted molar refractivity (Wildman–Crippen MR) is 75.9 cm³/mol. The molecule has 1 N–H and O–H groups in total. The average molecular weight is 279 g/mol. The van der Waals surface area contributed by atoms with Gasteiger partial charge in [-0.3, -0.25) is 0 Å². The molecule has 1 aromatic carbocycles. The van der Waals surface area contributed by atoms with Crippen molar-refractivity contribution in [2.24, 2.45) is 7.05 Å². The SMILES string of the molecule is CNC(C)c1cc(F)c(C)cc1Sc1nccn1C. The van der Waals surface area contributed by atoms with Crippen molar-refractivity contribution in [3.63, 3.8) is 0 Å². The minimum atomic E-state index is -0.165. The first kappa shape index (κ1) is 14.1. The van der Waals surface area contributed by atoms with E-state index in [0.29, 0.717) is 5.56 Å². The molecular weight excluding hydrogens is 261 g/mol. The Labute approximate surface area is 117 Å². The molecule has 0 radical (unpaired) electrons. The Morgan fingerprint density at radius 1 is 1.42 bits per heavy atom. The number of benzene rings is 1. The van der Waals surface area contributed by atoms with E-state index in [0.717, 1.165) is 15.6 Å². The molecule has 0 amide bonds. The highest BCUT2D eigenvalue weighted by molar-refractivity contribution is 7.99. The van der Waals surface area contributed by atoms with Crippen molar-refractivity contribution in [2.75, 3.05) is 7.05 Å². The minimum absolute atomic E-state index is 0.0952. The van der Waals surface area contributed by atoms with Gasteiger partial charge in [-0.25, -0.2) is 9.37 Å². The third kappa shape index (κ3) is 2.98. The number of hydrogen-bond acceptors (Lipinski definition) is 3.